The van der Waals surface area contributed by atoms with E-state index in [1.165, 1.54) is 0 Å². The first-order valence-electron chi connectivity index (χ1n) is 3.31. The van der Waals surface area contributed by atoms with Crippen molar-refractivity contribution in [2.75, 3.05) is 0 Å². The minimum Gasteiger partial charge on any atom is -0.481 e. The maximum Gasteiger partial charge on any atom is 0.306 e. The van der Waals surface area contributed by atoms with Gasteiger partial charge in [0.15, 0.2) is 0 Å². The van der Waals surface area contributed by atoms with E-state index in [1.807, 2.05) is 0 Å². The van der Waals surface area contributed by atoms with Gasteiger partial charge in [0, 0.05) is 0 Å². The molecule has 0 amide bonds. The average Bonchev–Trinajstić information content (AvgIpc) is 1.81. The zero-order valence-electron chi connectivity index (χ0n) is 6.08. The van der Waals surface area contributed by atoms with Gasteiger partial charge in [-0.3, -0.25) is 4.79 Å². The lowest BCUT2D eigenvalue weighted by molar-refractivity contribution is -0.142. The number of hydrogen-bond acceptors (Lipinski definition) is 3. The van der Waals surface area contributed by atoms with Crippen LogP contribution in [0.5, 0.6) is 0 Å². The monoisotopic (exact) mass is 146 g/mol. The topological polar surface area (TPSA) is 89.3 Å². The molecule has 0 heterocycles. The first-order valence-corrected chi connectivity index (χ1v) is 3.31. The molecule has 0 saturated heterocycles. The summed E-state index contributed by atoms with van der Waals surface area (Å²) >= 11 is 0. The molecular weight excluding hydrogens is 132 g/mol. The molecule has 1 unspecified atom stereocenters. The van der Waals surface area contributed by atoms with Crippen LogP contribution in [0.4, 0.5) is 0 Å². The Bertz CT molecular complexity index is 114. The molecule has 10 heavy (non-hydrogen) atoms. The Hall–Kier alpha value is -0.610. The Morgan fingerprint density at radius 3 is 2.20 bits per heavy atom. The molecule has 4 nitrogen and oxygen atoms in total. The van der Waals surface area contributed by atoms with Crippen LogP contribution in [0.25, 0.3) is 0 Å². The Kier molecular flexibility index (Phi) is 3.99. The molecule has 0 aromatic rings. The second-order valence-corrected chi connectivity index (χ2v) is 2.34. The fraction of sp³-hybridized carbons (Fsp3) is 0.833. The van der Waals surface area contributed by atoms with E-state index in [4.69, 9.17) is 16.6 Å². The second kappa shape index (κ2) is 4.24. The Morgan fingerprint density at radius 2 is 2.10 bits per heavy atom. The Balaban J connectivity index is 3.72. The van der Waals surface area contributed by atoms with Crippen molar-refractivity contribution >= 4 is 5.97 Å². The van der Waals surface area contributed by atoms with Gasteiger partial charge < -0.3 is 16.6 Å². The quantitative estimate of drug-likeness (QED) is 0.476. The fourth-order valence-electron chi connectivity index (χ4n) is 0.771. The Labute approximate surface area is 60.2 Å². The summed E-state index contributed by atoms with van der Waals surface area (Å²) in [5.41, 5.74) is 10.4. The van der Waals surface area contributed by atoms with Gasteiger partial charge >= 0.3 is 5.97 Å². The molecule has 0 saturated carbocycles. The molecule has 0 aromatic carbocycles. The third-order valence-corrected chi connectivity index (χ3v) is 1.40. The summed E-state index contributed by atoms with van der Waals surface area (Å²) in [4.78, 5) is 10.4. The van der Waals surface area contributed by atoms with Crippen molar-refractivity contribution in [3.8, 4) is 0 Å². The van der Waals surface area contributed by atoms with Crippen molar-refractivity contribution in [2.45, 2.75) is 25.9 Å². The van der Waals surface area contributed by atoms with Gasteiger partial charge in [-0.05, 0) is 12.8 Å². The number of rotatable bonds is 4. The van der Waals surface area contributed by atoms with Gasteiger partial charge in [-0.25, -0.2) is 0 Å². The van der Waals surface area contributed by atoms with Crippen LogP contribution < -0.4 is 11.5 Å². The largest absolute Gasteiger partial charge is 0.481 e. The highest BCUT2D eigenvalue weighted by molar-refractivity contribution is 5.69. The third kappa shape index (κ3) is 3.42. The lowest BCUT2D eigenvalue weighted by Gasteiger charge is -2.11. The molecule has 0 aliphatic heterocycles. The molecule has 0 fully saturated rings. The van der Waals surface area contributed by atoms with Crippen molar-refractivity contribution in [1.29, 1.82) is 0 Å². The van der Waals surface area contributed by atoms with E-state index in [1.54, 1.807) is 6.92 Å². The van der Waals surface area contributed by atoms with Crippen molar-refractivity contribution in [3.63, 3.8) is 0 Å². The maximum absolute atomic E-state index is 10.4. The summed E-state index contributed by atoms with van der Waals surface area (Å²) in [7, 11) is 0. The normalized spacial score (nSPS) is 13.6. The molecule has 0 aliphatic carbocycles. The van der Waals surface area contributed by atoms with E-state index >= 15 is 0 Å². The predicted octanol–water partition coefficient (Wildman–Crippen LogP) is -0.269. The number of hydrogen-bond donors (Lipinski definition) is 3. The molecular formula is C6H14N2O2. The smallest absolute Gasteiger partial charge is 0.306 e. The highest BCUT2D eigenvalue weighted by atomic mass is 16.4. The van der Waals surface area contributed by atoms with E-state index in [9.17, 15) is 4.79 Å². The highest BCUT2D eigenvalue weighted by Gasteiger charge is 2.16. The molecule has 0 radical (unpaired) electrons. The molecule has 4 heteroatoms. The van der Waals surface area contributed by atoms with E-state index in [2.05, 4.69) is 0 Å². The van der Waals surface area contributed by atoms with Crippen molar-refractivity contribution in [1.82, 2.24) is 0 Å². The SMILES string of the molecule is CCC(CC(N)N)C(=O)O. The van der Waals surface area contributed by atoms with Crippen LogP contribution in [0.3, 0.4) is 0 Å². The number of carboxylic acids is 1. The molecule has 1 atom stereocenters. The van der Waals surface area contributed by atoms with E-state index in [-0.39, 0.29) is 5.92 Å². The van der Waals surface area contributed by atoms with Gasteiger partial charge in [-0.2, -0.15) is 0 Å². The molecule has 0 rings (SSSR count). The lowest BCUT2D eigenvalue weighted by atomic mass is 10.0. The van der Waals surface area contributed by atoms with E-state index in [0.717, 1.165) is 0 Å². The van der Waals surface area contributed by atoms with Crippen molar-refractivity contribution in [2.24, 2.45) is 17.4 Å². The van der Waals surface area contributed by atoms with Gasteiger partial charge in [0.25, 0.3) is 0 Å². The number of nitrogens with two attached hydrogens (primary N) is 2. The first kappa shape index (κ1) is 9.39. The zero-order valence-corrected chi connectivity index (χ0v) is 6.08. The van der Waals surface area contributed by atoms with Crippen LogP contribution in [0, 0.1) is 5.92 Å². The van der Waals surface area contributed by atoms with Crippen LogP contribution in [-0.2, 0) is 4.79 Å². The molecule has 0 spiro atoms. The summed E-state index contributed by atoms with van der Waals surface area (Å²) in [6.07, 6.45) is 0.424. The molecule has 0 bridgehead atoms. The van der Waals surface area contributed by atoms with Crippen LogP contribution in [0.15, 0.2) is 0 Å². The number of carbonyl (C=O) groups is 1. The molecule has 0 aromatic heterocycles. The molecule has 0 aliphatic rings. The summed E-state index contributed by atoms with van der Waals surface area (Å²) in [5, 5.41) is 8.51. The molecule has 60 valence electrons. The van der Waals surface area contributed by atoms with E-state index < -0.39 is 12.1 Å². The van der Waals surface area contributed by atoms with Gasteiger partial charge in [-0.15, -0.1) is 0 Å². The van der Waals surface area contributed by atoms with Gasteiger partial charge in [-0.1, -0.05) is 6.92 Å². The standard InChI is InChI=1S/C6H14N2O2/c1-2-4(6(9)10)3-5(7)8/h4-5H,2-3,7-8H2,1H3,(H,9,10). The summed E-state index contributed by atoms with van der Waals surface area (Å²) in [5.74, 6) is -1.21. The van der Waals surface area contributed by atoms with Crippen LogP contribution in [-0.4, -0.2) is 17.2 Å². The summed E-state index contributed by atoms with van der Waals surface area (Å²) in [6.45, 7) is 1.81. The fourth-order valence-corrected chi connectivity index (χ4v) is 0.771. The minimum atomic E-state index is -0.816. The highest BCUT2D eigenvalue weighted by Crippen LogP contribution is 2.07. The van der Waals surface area contributed by atoms with Gasteiger partial charge in [0.1, 0.15) is 0 Å². The minimum absolute atomic E-state index is 0.353. The van der Waals surface area contributed by atoms with Crippen molar-refractivity contribution < 1.29 is 9.90 Å². The van der Waals surface area contributed by atoms with Crippen LogP contribution in [0.1, 0.15) is 19.8 Å². The second-order valence-electron chi connectivity index (χ2n) is 2.34. The number of aliphatic carboxylic acids is 1. The predicted molar refractivity (Wildman–Crippen MR) is 38.2 cm³/mol. The van der Waals surface area contributed by atoms with Crippen LogP contribution in [0.2, 0.25) is 0 Å². The average molecular weight is 146 g/mol. The van der Waals surface area contributed by atoms with Gasteiger partial charge in [0.2, 0.25) is 0 Å². The summed E-state index contributed by atoms with van der Waals surface area (Å²) in [6, 6.07) is 0. The summed E-state index contributed by atoms with van der Waals surface area (Å²) < 4.78 is 0. The lowest BCUT2D eigenvalue weighted by Crippen LogP contribution is -2.34. The first-order chi connectivity index (χ1) is 4.57. The maximum atomic E-state index is 10.4. The van der Waals surface area contributed by atoms with Crippen LogP contribution >= 0.6 is 0 Å². The number of carboxylic acid groups (broad SMARTS) is 1. The molecule has 5 N–H and O–H groups in total. The van der Waals surface area contributed by atoms with Crippen molar-refractivity contribution in [3.05, 3.63) is 0 Å². The van der Waals surface area contributed by atoms with E-state index in [0.29, 0.717) is 12.8 Å². The van der Waals surface area contributed by atoms with Gasteiger partial charge in [0.05, 0.1) is 12.1 Å². The third-order valence-electron chi connectivity index (χ3n) is 1.40. The Morgan fingerprint density at radius 1 is 1.60 bits per heavy atom. The zero-order chi connectivity index (χ0) is 8.15.